The number of ether oxygens (including phenoxy) is 2. The van der Waals surface area contributed by atoms with Crippen LogP contribution in [0.3, 0.4) is 0 Å². The SMILES string of the molecule is CCOc1ccccc1OC(=O)c1ccc(-n2nc(C)cc2C)cc1. The molecule has 0 amide bonds. The second kappa shape index (κ2) is 7.21. The Morgan fingerprint density at radius 2 is 1.72 bits per heavy atom. The molecule has 0 unspecified atom stereocenters. The predicted molar refractivity (Wildman–Crippen MR) is 95.6 cm³/mol. The summed E-state index contributed by atoms with van der Waals surface area (Å²) in [4.78, 5) is 12.4. The van der Waals surface area contributed by atoms with Crippen molar-refractivity contribution < 1.29 is 14.3 Å². The average Bonchev–Trinajstić information content (AvgIpc) is 2.95. The highest BCUT2D eigenvalue weighted by atomic mass is 16.6. The lowest BCUT2D eigenvalue weighted by molar-refractivity contribution is 0.0728. The van der Waals surface area contributed by atoms with Crippen LogP contribution in [0.15, 0.2) is 54.6 Å². The third-order valence-electron chi connectivity index (χ3n) is 3.71. The van der Waals surface area contributed by atoms with Crippen LogP contribution in [-0.4, -0.2) is 22.4 Å². The van der Waals surface area contributed by atoms with Crippen LogP contribution >= 0.6 is 0 Å². The summed E-state index contributed by atoms with van der Waals surface area (Å²) in [5.74, 6) is 0.543. The molecule has 0 spiro atoms. The summed E-state index contributed by atoms with van der Waals surface area (Å²) >= 11 is 0. The number of hydrogen-bond donors (Lipinski definition) is 0. The number of rotatable bonds is 5. The lowest BCUT2D eigenvalue weighted by Gasteiger charge is -2.10. The molecule has 5 nitrogen and oxygen atoms in total. The van der Waals surface area contributed by atoms with Crippen LogP contribution in [0.5, 0.6) is 11.5 Å². The van der Waals surface area contributed by atoms with Gasteiger partial charge in [-0.25, -0.2) is 9.48 Å². The summed E-state index contributed by atoms with van der Waals surface area (Å²) in [6.07, 6.45) is 0. The summed E-state index contributed by atoms with van der Waals surface area (Å²) < 4.78 is 12.8. The number of aryl methyl sites for hydroxylation is 2. The van der Waals surface area contributed by atoms with Gasteiger partial charge in [0, 0.05) is 5.69 Å². The fourth-order valence-corrected chi connectivity index (χ4v) is 2.60. The standard InChI is InChI=1S/C20H20N2O3/c1-4-24-18-7-5-6-8-19(18)25-20(23)16-9-11-17(12-10-16)22-15(3)13-14(2)21-22/h5-13H,4H2,1-3H3. The Labute approximate surface area is 146 Å². The molecule has 0 aliphatic heterocycles. The van der Waals surface area contributed by atoms with Gasteiger partial charge in [0.2, 0.25) is 0 Å². The van der Waals surface area contributed by atoms with Crippen LogP contribution in [0.2, 0.25) is 0 Å². The summed E-state index contributed by atoms with van der Waals surface area (Å²) in [7, 11) is 0. The topological polar surface area (TPSA) is 53.4 Å². The smallest absolute Gasteiger partial charge is 0.343 e. The predicted octanol–water partition coefficient (Wildman–Crippen LogP) is 4.11. The highest BCUT2D eigenvalue weighted by molar-refractivity contribution is 5.91. The Morgan fingerprint density at radius 3 is 2.32 bits per heavy atom. The number of nitrogens with zero attached hydrogens (tertiary/aromatic N) is 2. The van der Waals surface area contributed by atoms with Crippen molar-refractivity contribution in [3.63, 3.8) is 0 Å². The normalized spacial score (nSPS) is 10.5. The van der Waals surface area contributed by atoms with E-state index in [1.54, 1.807) is 30.3 Å². The molecular formula is C20H20N2O3. The molecule has 0 saturated carbocycles. The molecule has 0 fully saturated rings. The highest BCUT2D eigenvalue weighted by Crippen LogP contribution is 2.27. The van der Waals surface area contributed by atoms with E-state index in [2.05, 4.69) is 5.10 Å². The number of benzene rings is 2. The van der Waals surface area contributed by atoms with Crippen LogP contribution in [0, 0.1) is 13.8 Å². The molecule has 25 heavy (non-hydrogen) atoms. The molecule has 0 saturated heterocycles. The van der Waals surface area contributed by atoms with E-state index in [-0.39, 0.29) is 0 Å². The Balaban J connectivity index is 1.78. The molecule has 0 aliphatic rings. The zero-order valence-electron chi connectivity index (χ0n) is 14.5. The third kappa shape index (κ3) is 3.71. The van der Waals surface area contributed by atoms with Gasteiger partial charge in [0.05, 0.1) is 23.6 Å². The molecule has 128 valence electrons. The number of para-hydroxylation sites is 2. The van der Waals surface area contributed by atoms with E-state index in [9.17, 15) is 4.79 Å². The second-order valence-electron chi connectivity index (χ2n) is 5.66. The van der Waals surface area contributed by atoms with E-state index in [4.69, 9.17) is 9.47 Å². The van der Waals surface area contributed by atoms with E-state index in [0.29, 0.717) is 23.7 Å². The van der Waals surface area contributed by atoms with Gasteiger partial charge in [0.1, 0.15) is 0 Å². The zero-order valence-corrected chi connectivity index (χ0v) is 14.5. The summed E-state index contributed by atoms with van der Waals surface area (Å²) in [6, 6.07) is 16.3. The molecule has 5 heteroatoms. The van der Waals surface area contributed by atoms with Gasteiger partial charge >= 0.3 is 5.97 Å². The molecule has 1 aromatic heterocycles. The average molecular weight is 336 g/mol. The Morgan fingerprint density at radius 1 is 1.04 bits per heavy atom. The van der Waals surface area contributed by atoms with Crippen molar-refractivity contribution in [3.8, 4) is 17.2 Å². The quantitative estimate of drug-likeness (QED) is 0.520. The first-order chi connectivity index (χ1) is 12.1. The molecule has 0 radical (unpaired) electrons. The molecule has 2 aromatic carbocycles. The number of carbonyl (C=O) groups is 1. The van der Waals surface area contributed by atoms with Crippen molar-refractivity contribution in [2.75, 3.05) is 6.61 Å². The molecule has 1 heterocycles. The summed E-state index contributed by atoms with van der Waals surface area (Å²) in [5.41, 5.74) is 3.36. The molecule has 0 bridgehead atoms. The molecule has 0 N–H and O–H groups in total. The highest BCUT2D eigenvalue weighted by Gasteiger charge is 2.13. The fraction of sp³-hybridized carbons (Fsp3) is 0.200. The van der Waals surface area contributed by atoms with Crippen LogP contribution in [-0.2, 0) is 0 Å². The van der Waals surface area contributed by atoms with E-state index < -0.39 is 5.97 Å². The van der Waals surface area contributed by atoms with Crippen molar-refractivity contribution in [1.29, 1.82) is 0 Å². The number of carbonyl (C=O) groups excluding carboxylic acids is 1. The minimum absolute atomic E-state index is 0.414. The fourth-order valence-electron chi connectivity index (χ4n) is 2.60. The maximum atomic E-state index is 12.4. The van der Waals surface area contributed by atoms with Gasteiger partial charge in [0.15, 0.2) is 11.5 Å². The van der Waals surface area contributed by atoms with Crippen molar-refractivity contribution in [1.82, 2.24) is 9.78 Å². The third-order valence-corrected chi connectivity index (χ3v) is 3.71. The Kier molecular flexibility index (Phi) is 4.84. The molecular weight excluding hydrogens is 316 g/mol. The van der Waals surface area contributed by atoms with Crippen LogP contribution < -0.4 is 9.47 Å². The molecule has 0 atom stereocenters. The second-order valence-corrected chi connectivity index (χ2v) is 5.66. The van der Waals surface area contributed by atoms with Gasteiger partial charge in [0.25, 0.3) is 0 Å². The number of hydrogen-bond acceptors (Lipinski definition) is 4. The van der Waals surface area contributed by atoms with Gasteiger partial charge in [-0.2, -0.15) is 5.10 Å². The Bertz CT molecular complexity index is 882. The van der Waals surface area contributed by atoms with Crippen molar-refractivity contribution in [2.24, 2.45) is 0 Å². The minimum atomic E-state index is -0.424. The lowest BCUT2D eigenvalue weighted by atomic mass is 10.2. The van der Waals surface area contributed by atoms with Crippen LogP contribution in [0.1, 0.15) is 28.7 Å². The molecule has 0 aliphatic carbocycles. The first kappa shape index (κ1) is 16.8. The monoisotopic (exact) mass is 336 g/mol. The van der Waals surface area contributed by atoms with Crippen LogP contribution in [0.4, 0.5) is 0 Å². The molecule has 3 rings (SSSR count). The maximum Gasteiger partial charge on any atom is 0.343 e. The van der Waals surface area contributed by atoms with Gasteiger partial charge in [-0.05, 0) is 63.2 Å². The van der Waals surface area contributed by atoms with Crippen molar-refractivity contribution in [2.45, 2.75) is 20.8 Å². The van der Waals surface area contributed by atoms with Gasteiger partial charge in [-0.15, -0.1) is 0 Å². The largest absolute Gasteiger partial charge is 0.490 e. The number of aromatic nitrogens is 2. The lowest BCUT2D eigenvalue weighted by Crippen LogP contribution is -2.10. The van der Waals surface area contributed by atoms with Gasteiger partial charge < -0.3 is 9.47 Å². The van der Waals surface area contributed by atoms with Crippen molar-refractivity contribution >= 4 is 5.97 Å². The zero-order chi connectivity index (χ0) is 17.8. The first-order valence-electron chi connectivity index (χ1n) is 8.16. The Hall–Kier alpha value is -3.08. The van der Waals surface area contributed by atoms with Gasteiger partial charge in [-0.1, -0.05) is 12.1 Å². The van der Waals surface area contributed by atoms with E-state index in [0.717, 1.165) is 17.1 Å². The van der Waals surface area contributed by atoms with E-state index in [1.165, 1.54) is 0 Å². The summed E-state index contributed by atoms with van der Waals surface area (Å²) in [6.45, 7) is 6.33. The molecule has 3 aromatic rings. The maximum absolute atomic E-state index is 12.4. The van der Waals surface area contributed by atoms with E-state index >= 15 is 0 Å². The summed E-state index contributed by atoms with van der Waals surface area (Å²) in [5, 5.41) is 4.44. The van der Waals surface area contributed by atoms with Crippen molar-refractivity contribution in [3.05, 3.63) is 71.5 Å². The first-order valence-corrected chi connectivity index (χ1v) is 8.16. The van der Waals surface area contributed by atoms with Crippen LogP contribution in [0.25, 0.3) is 5.69 Å². The minimum Gasteiger partial charge on any atom is -0.490 e. The van der Waals surface area contributed by atoms with Gasteiger partial charge in [-0.3, -0.25) is 0 Å². The number of esters is 1. The van der Waals surface area contributed by atoms with E-state index in [1.807, 2.05) is 49.7 Å².